The van der Waals surface area contributed by atoms with Crippen LogP contribution in [0.2, 0.25) is 0 Å². The van der Waals surface area contributed by atoms with Crippen molar-refractivity contribution < 1.29 is 0 Å². The normalized spacial score (nSPS) is 2.40. The van der Waals surface area contributed by atoms with Crippen LogP contribution in [0.5, 0.6) is 0 Å². The molecule has 0 unspecified atom stereocenters. The molecular formula is C4H10Sr. The molecule has 0 bridgehead atoms. The average Bonchev–Trinajstić information content (AvgIpc) is 1.50. The van der Waals surface area contributed by atoms with Crippen LogP contribution in [-0.2, 0) is 0 Å². The molecule has 0 saturated carbocycles. The van der Waals surface area contributed by atoms with E-state index in [4.69, 9.17) is 0 Å². The van der Waals surface area contributed by atoms with Crippen molar-refractivity contribution in [2.24, 2.45) is 0 Å². The van der Waals surface area contributed by atoms with Gasteiger partial charge in [0.15, 0.2) is 0 Å². The second-order valence-corrected chi connectivity index (χ2v) is 0. The largest absolute Gasteiger partial charge is 2.00 e. The van der Waals surface area contributed by atoms with Crippen LogP contribution in [0, 0.1) is 13.8 Å². The molecule has 0 fully saturated rings. The van der Waals surface area contributed by atoms with Gasteiger partial charge in [-0.15, -0.1) is 0 Å². The topological polar surface area (TPSA) is 0 Å². The smallest absolute Gasteiger partial charge is 0.346 e. The Hall–Kier alpha value is 1.48. The maximum atomic E-state index is 3.25. The van der Waals surface area contributed by atoms with Gasteiger partial charge in [0.05, 0.1) is 0 Å². The SMILES string of the molecule is [CH2-]C.[CH2-]C.[Sr+2]. The zero-order valence-corrected chi connectivity index (χ0v) is 7.60. The molecule has 0 N–H and O–H groups in total. The van der Waals surface area contributed by atoms with Gasteiger partial charge in [-0.1, -0.05) is 0 Å². The van der Waals surface area contributed by atoms with Crippen LogP contribution in [0.3, 0.4) is 0 Å². The fourth-order valence-corrected chi connectivity index (χ4v) is 0. The van der Waals surface area contributed by atoms with Gasteiger partial charge in [-0.3, -0.25) is 0 Å². The summed E-state index contributed by atoms with van der Waals surface area (Å²) in [7, 11) is 0. The Morgan fingerprint density at radius 2 is 0.800 bits per heavy atom. The minimum Gasteiger partial charge on any atom is -0.346 e. The van der Waals surface area contributed by atoms with Crippen LogP contribution >= 0.6 is 0 Å². The summed E-state index contributed by atoms with van der Waals surface area (Å²) in [5, 5.41) is 0. The van der Waals surface area contributed by atoms with Gasteiger partial charge in [-0.05, 0) is 0 Å². The molecule has 0 aromatic heterocycles. The van der Waals surface area contributed by atoms with Crippen molar-refractivity contribution in [1.82, 2.24) is 0 Å². The average molecular weight is 146 g/mol. The van der Waals surface area contributed by atoms with Crippen molar-refractivity contribution in [2.75, 3.05) is 0 Å². The summed E-state index contributed by atoms with van der Waals surface area (Å²) >= 11 is 0. The Labute approximate surface area is 72.2 Å². The third kappa shape index (κ3) is 30.3. The van der Waals surface area contributed by atoms with Gasteiger partial charge in [-0.2, -0.15) is 13.8 Å². The summed E-state index contributed by atoms with van der Waals surface area (Å²) in [6.45, 7) is 10.0. The van der Waals surface area contributed by atoms with Crippen molar-refractivity contribution in [3.8, 4) is 0 Å². The number of hydrogen-bond donors (Lipinski definition) is 0. The van der Waals surface area contributed by atoms with Gasteiger partial charge in [0.1, 0.15) is 0 Å². The molecule has 0 radical (unpaired) electrons. The second-order valence-electron chi connectivity index (χ2n) is 0. The molecule has 0 spiro atoms. The predicted octanol–water partition coefficient (Wildman–Crippen LogP) is 1.30. The van der Waals surface area contributed by atoms with Crippen molar-refractivity contribution in [2.45, 2.75) is 13.8 Å². The van der Waals surface area contributed by atoms with Crippen molar-refractivity contribution in [3.05, 3.63) is 13.8 Å². The van der Waals surface area contributed by atoms with E-state index in [-0.39, 0.29) is 45.5 Å². The summed E-state index contributed by atoms with van der Waals surface area (Å²) < 4.78 is 0. The van der Waals surface area contributed by atoms with Crippen molar-refractivity contribution >= 4 is 45.5 Å². The van der Waals surface area contributed by atoms with Gasteiger partial charge in [0.25, 0.3) is 0 Å². The Bertz CT molecular complexity index is 3.61. The fourth-order valence-electron chi connectivity index (χ4n) is 0. The number of rotatable bonds is 0. The van der Waals surface area contributed by atoms with Crippen LogP contribution in [0.1, 0.15) is 13.8 Å². The first-order valence-electron chi connectivity index (χ1n) is 1.41. The fraction of sp³-hybridized carbons (Fsp3) is 0.500. The third-order valence-corrected chi connectivity index (χ3v) is 0. The Morgan fingerprint density at radius 1 is 0.800 bits per heavy atom. The van der Waals surface area contributed by atoms with E-state index >= 15 is 0 Å². The summed E-state index contributed by atoms with van der Waals surface area (Å²) in [4.78, 5) is 0. The third-order valence-electron chi connectivity index (χ3n) is 0. The van der Waals surface area contributed by atoms with Gasteiger partial charge < -0.3 is 13.8 Å². The molecule has 0 aromatic rings. The standard InChI is InChI=1S/2C2H5.Sr/c2*1-2;/h2*1H2,2H3;/q2*-1;+2. The molecule has 0 aliphatic rings. The molecule has 0 amide bonds. The Morgan fingerprint density at radius 3 is 0.800 bits per heavy atom. The molecule has 28 valence electrons. The molecular weight excluding hydrogens is 136 g/mol. The molecule has 0 nitrogen and oxygen atoms in total. The zero-order chi connectivity index (χ0) is 4.00. The van der Waals surface area contributed by atoms with E-state index in [1.807, 2.05) is 0 Å². The summed E-state index contributed by atoms with van der Waals surface area (Å²) in [5.74, 6) is 0. The van der Waals surface area contributed by atoms with Gasteiger partial charge in [0, 0.05) is 0 Å². The Kier molecular flexibility index (Phi) is 161. The van der Waals surface area contributed by atoms with Crippen LogP contribution in [0.15, 0.2) is 0 Å². The first-order valence-corrected chi connectivity index (χ1v) is 1.41. The van der Waals surface area contributed by atoms with Gasteiger partial charge >= 0.3 is 45.5 Å². The minimum absolute atomic E-state index is 0. The number of hydrogen-bond acceptors (Lipinski definition) is 0. The molecule has 0 saturated heterocycles. The summed E-state index contributed by atoms with van der Waals surface area (Å²) in [6.07, 6.45) is 0. The van der Waals surface area contributed by atoms with Crippen LogP contribution in [-0.4, -0.2) is 45.5 Å². The molecule has 0 atom stereocenters. The summed E-state index contributed by atoms with van der Waals surface area (Å²) in [5.41, 5.74) is 0. The van der Waals surface area contributed by atoms with E-state index in [1.165, 1.54) is 0 Å². The van der Waals surface area contributed by atoms with Gasteiger partial charge in [0.2, 0.25) is 0 Å². The molecule has 0 rings (SSSR count). The van der Waals surface area contributed by atoms with Crippen LogP contribution < -0.4 is 0 Å². The predicted molar refractivity (Wildman–Crippen MR) is 27.8 cm³/mol. The maximum Gasteiger partial charge on any atom is 2.00 e. The van der Waals surface area contributed by atoms with E-state index in [0.717, 1.165) is 0 Å². The molecule has 1 heteroatoms. The van der Waals surface area contributed by atoms with E-state index in [0.29, 0.717) is 0 Å². The zero-order valence-electron chi connectivity index (χ0n) is 4.12. The monoisotopic (exact) mass is 146 g/mol. The van der Waals surface area contributed by atoms with Crippen molar-refractivity contribution in [1.29, 1.82) is 0 Å². The van der Waals surface area contributed by atoms with E-state index in [2.05, 4.69) is 13.8 Å². The van der Waals surface area contributed by atoms with E-state index in [1.54, 1.807) is 13.8 Å². The first-order chi connectivity index (χ1) is 2.00. The molecule has 0 heterocycles. The Balaban J connectivity index is -0.0000000133. The van der Waals surface area contributed by atoms with Crippen molar-refractivity contribution in [3.63, 3.8) is 0 Å². The molecule has 5 heavy (non-hydrogen) atoms. The summed E-state index contributed by atoms with van der Waals surface area (Å²) in [6, 6.07) is 0. The van der Waals surface area contributed by atoms with Crippen LogP contribution in [0.4, 0.5) is 0 Å². The molecule has 0 aliphatic heterocycles. The minimum atomic E-state index is 0. The molecule has 0 aliphatic carbocycles. The maximum absolute atomic E-state index is 3.25. The second kappa shape index (κ2) is 50.2. The first kappa shape index (κ1) is 16.1. The van der Waals surface area contributed by atoms with E-state index < -0.39 is 0 Å². The van der Waals surface area contributed by atoms with Gasteiger partial charge in [-0.25, -0.2) is 0 Å². The van der Waals surface area contributed by atoms with Crippen LogP contribution in [0.25, 0.3) is 0 Å². The quantitative estimate of drug-likeness (QED) is 0.356. The molecule has 0 aromatic carbocycles. The van der Waals surface area contributed by atoms with E-state index in [9.17, 15) is 0 Å².